The summed E-state index contributed by atoms with van der Waals surface area (Å²) in [5.41, 5.74) is 1.19. The minimum absolute atomic E-state index is 0.192. The van der Waals surface area contributed by atoms with Crippen molar-refractivity contribution in [2.75, 3.05) is 15.5 Å². The summed E-state index contributed by atoms with van der Waals surface area (Å²) in [6.45, 7) is 3.68. The van der Waals surface area contributed by atoms with Gasteiger partial charge in [0.05, 0.1) is 15.0 Å². The largest absolute Gasteiger partial charge is 0.481 e. The van der Waals surface area contributed by atoms with Crippen molar-refractivity contribution in [1.29, 1.82) is 0 Å². The Bertz CT molecular complexity index is 331. The second-order valence-electron chi connectivity index (χ2n) is 3.03. The van der Waals surface area contributed by atoms with Crippen LogP contribution in [0.5, 0.6) is 0 Å². The number of benzene rings is 1. The van der Waals surface area contributed by atoms with Crippen LogP contribution < -0.4 is 0 Å². The van der Waals surface area contributed by atoms with Gasteiger partial charge in [0.15, 0.2) is 0 Å². The second-order valence-corrected chi connectivity index (χ2v) is 6.18. The predicted molar refractivity (Wildman–Crippen MR) is 106 cm³/mol. The SMILES string of the molecule is C=CCI.O=C(O)CI.OCC(I)c1ccccc1. The Balaban J connectivity index is 0. The highest BCUT2D eigenvalue weighted by Gasteiger charge is 2.02. The van der Waals surface area contributed by atoms with E-state index in [1.54, 1.807) is 22.6 Å². The van der Waals surface area contributed by atoms with E-state index in [1.807, 2.05) is 36.4 Å². The molecule has 1 rings (SSSR count). The molecule has 0 aliphatic rings. The highest BCUT2D eigenvalue weighted by molar-refractivity contribution is 14.1. The first-order valence-corrected chi connectivity index (χ1v) is 9.57. The summed E-state index contributed by atoms with van der Waals surface area (Å²) in [5, 5.41) is 16.5. The van der Waals surface area contributed by atoms with Crippen LogP contribution >= 0.6 is 67.8 Å². The van der Waals surface area contributed by atoms with Crippen molar-refractivity contribution < 1.29 is 15.0 Å². The fourth-order valence-corrected chi connectivity index (χ4v) is 1.18. The van der Waals surface area contributed by atoms with Crippen LogP contribution in [0, 0.1) is 0 Å². The zero-order valence-corrected chi connectivity index (χ0v) is 16.8. The van der Waals surface area contributed by atoms with Crippen molar-refractivity contribution in [1.82, 2.24) is 0 Å². The lowest BCUT2D eigenvalue weighted by molar-refractivity contribution is -0.133. The lowest BCUT2D eigenvalue weighted by Gasteiger charge is -2.04. The molecule has 1 atom stereocenters. The fourth-order valence-electron chi connectivity index (χ4n) is 0.767. The van der Waals surface area contributed by atoms with Gasteiger partial charge in [-0.2, -0.15) is 0 Å². The standard InChI is InChI=1S/C8H9IO.C3H5I.C2H3IO2/c9-8(6-10)7-4-2-1-3-5-7;1-2-3-4;3-1-2(4)5/h1-5,8,10H,6H2;2H,1,3H2;1H2,(H,4,5). The van der Waals surface area contributed by atoms with Crippen molar-refractivity contribution in [3.8, 4) is 0 Å². The van der Waals surface area contributed by atoms with Crippen molar-refractivity contribution >= 4 is 73.7 Å². The van der Waals surface area contributed by atoms with E-state index in [4.69, 9.17) is 10.2 Å². The number of aliphatic carboxylic acids is 1. The molecule has 0 heterocycles. The lowest BCUT2D eigenvalue weighted by Crippen LogP contribution is -1.93. The summed E-state index contributed by atoms with van der Waals surface area (Å²) >= 11 is 6.23. The maximum Gasteiger partial charge on any atom is 0.313 e. The molecule has 0 saturated heterocycles. The van der Waals surface area contributed by atoms with Crippen LogP contribution in [0.15, 0.2) is 43.0 Å². The molecule has 0 amide bonds. The van der Waals surface area contributed by atoms with Crippen LogP contribution in [-0.4, -0.2) is 31.6 Å². The van der Waals surface area contributed by atoms with E-state index in [0.29, 0.717) is 0 Å². The number of hydrogen-bond acceptors (Lipinski definition) is 2. The van der Waals surface area contributed by atoms with E-state index in [-0.39, 0.29) is 15.0 Å². The van der Waals surface area contributed by atoms with Crippen LogP contribution in [0.1, 0.15) is 9.49 Å². The van der Waals surface area contributed by atoms with Gasteiger partial charge >= 0.3 is 5.97 Å². The van der Waals surface area contributed by atoms with Gasteiger partial charge in [-0.25, -0.2) is 0 Å². The molecule has 0 aliphatic heterocycles. The first-order chi connectivity index (χ1) is 9.03. The molecular formula is C13H17I3O3. The van der Waals surface area contributed by atoms with Crippen molar-refractivity contribution in [3.05, 3.63) is 48.6 Å². The molecule has 2 N–H and O–H groups in total. The zero-order valence-electron chi connectivity index (χ0n) is 10.3. The first kappa shape index (κ1) is 21.9. The Morgan fingerprint density at radius 1 is 1.32 bits per heavy atom. The van der Waals surface area contributed by atoms with Crippen LogP contribution in [-0.2, 0) is 4.79 Å². The summed E-state index contributed by atoms with van der Waals surface area (Å²) in [5.74, 6) is -0.759. The number of allylic oxidation sites excluding steroid dienone is 1. The van der Waals surface area contributed by atoms with Gasteiger partial charge in [0.25, 0.3) is 0 Å². The number of aliphatic hydroxyl groups excluding tert-OH is 1. The minimum atomic E-state index is -0.759. The number of carboxylic acid groups (broad SMARTS) is 1. The zero-order chi connectivity index (χ0) is 15.1. The predicted octanol–water partition coefficient (Wildman–Crippen LogP) is 4.27. The van der Waals surface area contributed by atoms with Crippen LogP contribution in [0.2, 0.25) is 0 Å². The lowest BCUT2D eigenvalue weighted by atomic mass is 10.2. The third-order valence-electron chi connectivity index (χ3n) is 1.54. The van der Waals surface area contributed by atoms with Crippen molar-refractivity contribution in [3.63, 3.8) is 0 Å². The van der Waals surface area contributed by atoms with E-state index in [0.717, 1.165) is 4.43 Å². The van der Waals surface area contributed by atoms with Gasteiger partial charge in [0.1, 0.15) is 0 Å². The molecule has 1 unspecified atom stereocenters. The summed E-state index contributed by atoms with van der Waals surface area (Å²) in [6, 6.07) is 9.98. The molecular weight excluding hydrogens is 585 g/mol. The number of alkyl halides is 3. The van der Waals surface area contributed by atoms with Crippen LogP contribution in [0.4, 0.5) is 0 Å². The van der Waals surface area contributed by atoms with Gasteiger partial charge in [-0.05, 0) is 5.56 Å². The van der Waals surface area contributed by atoms with Gasteiger partial charge in [0, 0.05) is 4.43 Å². The highest BCUT2D eigenvalue weighted by Crippen LogP contribution is 2.21. The van der Waals surface area contributed by atoms with Gasteiger partial charge in [-0.1, -0.05) is 104 Å². The van der Waals surface area contributed by atoms with Crippen molar-refractivity contribution in [2.24, 2.45) is 0 Å². The Labute approximate surface area is 155 Å². The van der Waals surface area contributed by atoms with Crippen LogP contribution in [0.3, 0.4) is 0 Å². The maximum absolute atomic E-state index is 9.36. The Morgan fingerprint density at radius 2 is 1.74 bits per heavy atom. The smallest absolute Gasteiger partial charge is 0.313 e. The number of carbonyl (C=O) groups is 1. The van der Waals surface area contributed by atoms with E-state index in [1.165, 1.54) is 5.56 Å². The normalized spacial score (nSPS) is 10.1. The molecule has 0 radical (unpaired) electrons. The molecule has 0 bridgehead atoms. The van der Waals surface area contributed by atoms with Gasteiger partial charge in [-0.15, -0.1) is 6.58 Å². The minimum Gasteiger partial charge on any atom is -0.481 e. The third kappa shape index (κ3) is 16.5. The molecule has 0 fully saturated rings. The number of aliphatic hydroxyl groups is 1. The number of carboxylic acids is 1. The third-order valence-corrected chi connectivity index (χ3v) is 3.93. The van der Waals surface area contributed by atoms with E-state index >= 15 is 0 Å². The number of hydrogen-bond donors (Lipinski definition) is 2. The molecule has 0 aromatic heterocycles. The molecule has 1 aromatic carbocycles. The molecule has 6 heteroatoms. The summed E-state index contributed by atoms with van der Waals surface area (Å²) < 4.78 is 1.48. The topological polar surface area (TPSA) is 57.5 Å². The molecule has 19 heavy (non-hydrogen) atoms. The average molecular weight is 602 g/mol. The molecule has 0 aliphatic carbocycles. The Morgan fingerprint density at radius 3 is 2.00 bits per heavy atom. The van der Waals surface area contributed by atoms with Crippen LogP contribution in [0.25, 0.3) is 0 Å². The van der Waals surface area contributed by atoms with Gasteiger partial charge < -0.3 is 10.2 Å². The second kappa shape index (κ2) is 16.6. The van der Waals surface area contributed by atoms with Gasteiger partial charge in [0.2, 0.25) is 0 Å². The monoisotopic (exact) mass is 602 g/mol. The van der Waals surface area contributed by atoms with E-state index < -0.39 is 5.97 Å². The van der Waals surface area contributed by atoms with E-state index in [2.05, 4.69) is 51.8 Å². The molecule has 108 valence electrons. The number of halogens is 3. The quantitative estimate of drug-likeness (QED) is 0.308. The molecule has 3 nitrogen and oxygen atoms in total. The average Bonchev–Trinajstić information content (AvgIpc) is 2.48. The maximum atomic E-state index is 9.36. The first-order valence-electron chi connectivity index (χ1n) is 5.27. The van der Waals surface area contributed by atoms with Gasteiger partial charge in [-0.3, -0.25) is 4.79 Å². The summed E-state index contributed by atoms with van der Waals surface area (Å²) in [6.07, 6.45) is 1.86. The fraction of sp³-hybridized carbons (Fsp3) is 0.308. The Hall–Kier alpha value is 0.580. The summed E-state index contributed by atoms with van der Waals surface area (Å²) in [7, 11) is 0. The number of rotatable bonds is 4. The molecule has 1 aromatic rings. The van der Waals surface area contributed by atoms with E-state index in [9.17, 15) is 4.79 Å². The molecule has 0 saturated carbocycles. The Kier molecular flexibility index (Phi) is 19.1. The highest BCUT2D eigenvalue weighted by atomic mass is 127. The molecule has 0 spiro atoms. The summed E-state index contributed by atoms with van der Waals surface area (Å²) in [4.78, 5) is 9.36. The van der Waals surface area contributed by atoms with Crippen molar-refractivity contribution in [2.45, 2.75) is 3.92 Å².